The minimum Gasteiger partial charge on any atom is -0.465 e. The third-order valence-electron chi connectivity index (χ3n) is 3.08. The molecule has 0 fully saturated rings. The van der Waals surface area contributed by atoms with Crippen molar-refractivity contribution < 1.29 is 23.5 Å². The average molecular weight is 297 g/mol. The molecule has 6 nitrogen and oxygen atoms in total. The summed E-state index contributed by atoms with van der Waals surface area (Å²) in [5.74, 6) is 0.427. The fourth-order valence-electron chi connectivity index (χ4n) is 1.98. The molecule has 0 amide bonds. The molecule has 0 unspecified atom stereocenters. The number of hydrogen-bond acceptors (Lipinski definition) is 6. The SMILES string of the molecule is CCOC(=O)[C@@H](NCc1cc(C(=O)OC)c(C)o1)C(C)C. The average Bonchev–Trinajstić information content (AvgIpc) is 2.79. The van der Waals surface area contributed by atoms with E-state index in [2.05, 4.69) is 10.1 Å². The first-order valence-electron chi connectivity index (χ1n) is 6.98. The molecule has 0 aliphatic rings. The van der Waals surface area contributed by atoms with Crippen molar-refractivity contribution in [2.45, 2.75) is 40.3 Å². The Hall–Kier alpha value is -1.82. The molecule has 0 spiro atoms. The Bertz CT molecular complexity index is 492. The minimum atomic E-state index is -0.437. The lowest BCUT2D eigenvalue weighted by Gasteiger charge is -2.19. The highest BCUT2D eigenvalue weighted by atomic mass is 16.5. The highest BCUT2D eigenvalue weighted by Gasteiger charge is 2.24. The van der Waals surface area contributed by atoms with Crippen LogP contribution in [0.5, 0.6) is 0 Å². The van der Waals surface area contributed by atoms with Gasteiger partial charge in [-0.25, -0.2) is 4.79 Å². The smallest absolute Gasteiger partial charge is 0.341 e. The molecule has 1 atom stereocenters. The standard InChI is InChI=1S/C15H23NO5/c1-6-20-15(18)13(9(2)3)16-8-11-7-12(10(4)21-11)14(17)19-5/h7,9,13,16H,6,8H2,1-5H3/t13-/m0/s1. The summed E-state index contributed by atoms with van der Waals surface area (Å²) in [7, 11) is 1.32. The molecule has 118 valence electrons. The van der Waals surface area contributed by atoms with Crippen LogP contribution in [0.2, 0.25) is 0 Å². The molecule has 0 aromatic carbocycles. The van der Waals surface area contributed by atoms with E-state index in [0.717, 1.165) is 0 Å². The molecule has 1 aromatic rings. The first kappa shape index (κ1) is 17.2. The second-order valence-corrected chi connectivity index (χ2v) is 5.03. The van der Waals surface area contributed by atoms with Crippen molar-refractivity contribution in [2.75, 3.05) is 13.7 Å². The van der Waals surface area contributed by atoms with E-state index in [1.54, 1.807) is 19.9 Å². The normalized spacial score (nSPS) is 12.3. The third kappa shape index (κ3) is 4.60. The summed E-state index contributed by atoms with van der Waals surface area (Å²) < 4.78 is 15.2. The molecule has 0 radical (unpaired) electrons. The number of carbonyl (C=O) groups excluding carboxylic acids is 2. The molecule has 0 bridgehead atoms. The molecule has 21 heavy (non-hydrogen) atoms. The van der Waals surface area contributed by atoms with Gasteiger partial charge in [0.25, 0.3) is 0 Å². The topological polar surface area (TPSA) is 77.8 Å². The van der Waals surface area contributed by atoms with Crippen molar-refractivity contribution in [3.05, 3.63) is 23.2 Å². The number of nitrogens with one attached hydrogen (secondary N) is 1. The summed E-state index contributed by atoms with van der Waals surface area (Å²) in [4.78, 5) is 23.4. The van der Waals surface area contributed by atoms with Crippen molar-refractivity contribution in [1.82, 2.24) is 5.32 Å². The number of methoxy groups -OCH3 is 1. The quantitative estimate of drug-likeness (QED) is 0.776. The second kappa shape index (κ2) is 7.83. The highest BCUT2D eigenvalue weighted by Crippen LogP contribution is 2.16. The van der Waals surface area contributed by atoms with Crippen LogP contribution in [0.3, 0.4) is 0 Å². The van der Waals surface area contributed by atoms with Gasteiger partial charge in [-0.05, 0) is 25.8 Å². The zero-order chi connectivity index (χ0) is 16.0. The van der Waals surface area contributed by atoms with E-state index in [9.17, 15) is 9.59 Å². The highest BCUT2D eigenvalue weighted by molar-refractivity contribution is 5.90. The molecule has 1 heterocycles. The van der Waals surface area contributed by atoms with Crippen LogP contribution in [0.4, 0.5) is 0 Å². The molecule has 1 rings (SSSR count). The van der Waals surface area contributed by atoms with Crippen LogP contribution >= 0.6 is 0 Å². The molecule has 6 heteroatoms. The zero-order valence-electron chi connectivity index (χ0n) is 13.2. The summed E-state index contributed by atoms with van der Waals surface area (Å²) in [6, 6.07) is 1.20. The number of rotatable bonds is 7. The van der Waals surface area contributed by atoms with Gasteiger partial charge in [0.05, 0.1) is 20.3 Å². The predicted molar refractivity (Wildman–Crippen MR) is 76.9 cm³/mol. The van der Waals surface area contributed by atoms with E-state index in [1.807, 2.05) is 13.8 Å². The lowest BCUT2D eigenvalue weighted by molar-refractivity contribution is -0.146. The van der Waals surface area contributed by atoms with Crippen LogP contribution in [0.1, 0.15) is 42.6 Å². The van der Waals surface area contributed by atoms with Crippen molar-refractivity contribution in [3.63, 3.8) is 0 Å². The van der Waals surface area contributed by atoms with Crippen molar-refractivity contribution in [1.29, 1.82) is 0 Å². The van der Waals surface area contributed by atoms with Gasteiger partial charge < -0.3 is 13.9 Å². The minimum absolute atomic E-state index is 0.0835. The van der Waals surface area contributed by atoms with Gasteiger partial charge in [-0.3, -0.25) is 10.1 Å². The van der Waals surface area contributed by atoms with Gasteiger partial charge in [0.2, 0.25) is 0 Å². The summed E-state index contributed by atoms with van der Waals surface area (Å²) in [6.07, 6.45) is 0. The summed E-state index contributed by atoms with van der Waals surface area (Å²) in [6.45, 7) is 8.01. The van der Waals surface area contributed by atoms with E-state index in [4.69, 9.17) is 9.15 Å². The van der Waals surface area contributed by atoms with E-state index in [1.165, 1.54) is 7.11 Å². The van der Waals surface area contributed by atoms with Gasteiger partial charge in [-0.15, -0.1) is 0 Å². The van der Waals surface area contributed by atoms with Gasteiger partial charge in [-0.1, -0.05) is 13.8 Å². The molecule has 0 aliphatic carbocycles. The lowest BCUT2D eigenvalue weighted by Crippen LogP contribution is -2.41. The number of aryl methyl sites for hydroxylation is 1. The van der Waals surface area contributed by atoms with E-state index in [-0.39, 0.29) is 11.9 Å². The third-order valence-corrected chi connectivity index (χ3v) is 3.08. The number of esters is 2. The van der Waals surface area contributed by atoms with Crippen LogP contribution in [-0.2, 0) is 20.8 Å². The molecule has 1 aromatic heterocycles. The molecular formula is C15H23NO5. The summed E-state index contributed by atoms with van der Waals surface area (Å²) >= 11 is 0. The maximum absolute atomic E-state index is 11.8. The molecule has 1 N–H and O–H groups in total. The van der Waals surface area contributed by atoms with Crippen molar-refractivity contribution >= 4 is 11.9 Å². The monoisotopic (exact) mass is 297 g/mol. The van der Waals surface area contributed by atoms with Gasteiger partial charge in [0.1, 0.15) is 23.1 Å². The Balaban J connectivity index is 2.72. The van der Waals surface area contributed by atoms with Crippen LogP contribution in [-0.4, -0.2) is 31.7 Å². The Morgan fingerprint density at radius 1 is 1.38 bits per heavy atom. The first-order chi connectivity index (χ1) is 9.90. The maximum atomic E-state index is 11.8. The van der Waals surface area contributed by atoms with Crippen LogP contribution in [0.25, 0.3) is 0 Å². The van der Waals surface area contributed by atoms with Gasteiger partial charge in [0.15, 0.2) is 0 Å². The Morgan fingerprint density at radius 2 is 2.05 bits per heavy atom. The van der Waals surface area contributed by atoms with E-state index in [0.29, 0.717) is 30.2 Å². The number of furan rings is 1. The predicted octanol–water partition coefficient (Wildman–Crippen LogP) is 2.05. The Morgan fingerprint density at radius 3 is 2.57 bits per heavy atom. The van der Waals surface area contributed by atoms with Crippen LogP contribution < -0.4 is 5.32 Å². The molecule has 0 saturated carbocycles. The number of carbonyl (C=O) groups is 2. The molecular weight excluding hydrogens is 274 g/mol. The number of ether oxygens (including phenoxy) is 2. The van der Waals surface area contributed by atoms with Crippen LogP contribution in [0.15, 0.2) is 10.5 Å². The zero-order valence-corrected chi connectivity index (χ0v) is 13.2. The fraction of sp³-hybridized carbons (Fsp3) is 0.600. The summed E-state index contributed by atoms with van der Waals surface area (Å²) in [5.41, 5.74) is 0.395. The summed E-state index contributed by atoms with van der Waals surface area (Å²) in [5, 5.41) is 3.10. The van der Waals surface area contributed by atoms with Gasteiger partial charge in [-0.2, -0.15) is 0 Å². The Kier molecular flexibility index (Phi) is 6.42. The van der Waals surface area contributed by atoms with E-state index >= 15 is 0 Å². The maximum Gasteiger partial charge on any atom is 0.341 e. The molecule has 0 aliphatic heterocycles. The van der Waals surface area contributed by atoms with Gasteiger partial charge >= 0.3 is 11.9 Å². The fourth-order valence-corrected chi connectivity index (χ4v) is 1.98. The largest absolute Gasteiger partial charge is 0.465 e. The number of hydrogen-bond donors (Lipinski definition) is 1. The first-order valence-corrected chi connectivity index (χ1v) is 6.98. The van der Waals surface area contributed by atoms with E-state index < -0.39 is 12.0 Å². The van der Waals surface area contributed by atoms with Gasteiger partial charge in [0, 0.05) is 0 Å². The lowest BCUT2D eigenvalue weighted by atomic mass is 10.0. The Labute approximate surface area is 124 Å². The van der Waals surface area contributed by atoms with Crippen molar-refractivity contribution in [2.24, 2.45) is 5.92 Å². The molecule has 0 saturated heterocycles. The second-order valence-electron chi connectivity index (χ2n) is 5.03. The van der Waals surface area contributed by atoms with Crippen molar-refractivity contribution in [3.8, 4) is 0 Å². The van der Waals surface area contributed by atoms with Crippen LogP contribution in [0, 0.1) is 12.8 Å².